The van der Waals surface area contributed by atoms with E-state index in [-0.39, 0.29) is 0 Å². The van der Waals surface area contributed by atoms with E-state index in [9.17, 15) is 0 Å². The van der Waals surface area contributed by atoms with Gasteiger partial charge in [-0.15, -0.1) is 0 Å². The highest BCUT2D eigenvalue weighted by molar-refractivity contribution is 6.62. The fraction of sp³-hybridized carbons (Fsp3) is 0.800. The minimum atomic E-state index is 1.07. The average Bonchev–Trinajstić information content (AvgIpc) is 2.75. The summed E-state index contributed by atoms with van der Waals surface area (Å²) in [5, 5.41) is 0. The van der Waals surface area contributed by atoms with Crippen LogP contribution in [0.3, 0.4) is 0 Å². The summed E-state index contributed by atoms with van der Waals surface area (Å²) >= 11 is 0. The Bertz CT molecular complexity index is 366. The summed E-state index contributed by atoms with van der Waals surface area (Å²) in [6.07, 6.45) is 18.5. The second-order valence-corrected chi connectivity index (χ2v) is 6.50. The predicted molar refractivity (Wildman–Crippen MR) is 76.0 cm³/mol. The first-order valence-electron chi connectivity index (χ1n) is 7.84. The third-order valence-electron chi connectivity index (χ3n) is 5.29. The van der Waals surface area contributed by atoms with Crippen LogP contribution in [0.15, 0.2) is 18.7 Å². The van der Waals surface area contributed by atoms with Gasteiger partial charge < -0.3 is 0 Å². The third-order valence-corrected chi connectivity index (χ3v) is 5.29. The highest BCUT2D eigenvalue weighted by atomic mass is 15.1. The number of hydrogen-bond acceptors (Lipinski definition) is 0. The van der Waals surface area contributed by atoms with E-state index in [2.05, 4.69) is 34.9 Å². The Kier molecular flexibility index (Phi) is 3.76. The lowest BCUT2D eigenvalue weighted by Gasteiger charge is -2.40. The van der Waals surface area contributed by atoms with Gasteiger partial charge in [-0.2, -0.15) is 0 Å². The fourth-order valence-corrected chi connectivity index (χ4v) is 4.43. The molecule has 1 aromatic rings. The van der Waals surface area contributed by atoms with Crippen molar-refractivity contribution in [3.8, 4) is 0 Å². The molecule has 2 saturated heterocycles. The smallest absolute Gasteiger partial charge is 0.240 e. The van der Waals surface area contributed by atoms with Crippen LogP contribution in [0.25, 0.3) is 0 Å². The molecule has 2 fully saturated rings. The molecule has 3 heteroatoms. The number of aromatic nitrogens is 2. The molecule has 0 unspecified atom stereocenters. The second kappa shape index (κ2) is 5.50. The first-order valence-corrected chi connectivity index (χ1v) is 7.84. The van der Waals surface area contributed by atoms with Gasteiger partial charge in [0.15, 0.2) is 0 Å². The van der Waals surface area contributed by atoms with Crippen LogP contribution in [0.2, 0.25) is 18.0 Å². The van der Waals surface area contributed by atoms with Gasteiger partial charge in [-0.25, -0.2) is 9.13 Å². The van der Waals surface area contributed by atoms with Gasteiger partial charge in [0.2, 0.25) is 6.33 Å². The van der Waals surface area contributed by atoms with Gasteiger partial charge in [0.25, 0.3) is 0 Å². The first kappa shape index (κ1) is 12.3. The summed E-state index contributed by atoms with van der Waals surface area (Å²) in [4.78, 5) is 0. The minimum absolute atomic E-state index is 1.07. The summed E-state index contributed by atoms with van der Waals surface area (Å²) in [6, 6.07) is 0. The number of aryl methyl sites for hydroxylation is 2. The number of rotatable bonds is 4. The van der Waals surface area contributed by atoms with E-state index < -0.39 is 0 Å². The molecule has 0 spiro atoms. The van der Waals surface area contributed by atoms with Crippen molar-refractivity contribution < 1.29 is 4.57 Å². The Morgan fingerprint density at radius 2 is 1.83 bits per heavy atom. The van der Waals surface area contributed by atoms with Gasteiger partial charge in [-0.1, -0.05) is 56.5 Å². The zero-order chi connectivity index (χ0) is 12.4. The van der Waals surface area contributed by atoms with Gasteiger partial charge in [-0.3, -0.25) is 0 Å². The number of imidazole rings is 1. The van der Waals surface area contributed by atoms with Crippen molar-refractivity contribution in [3.05, 3.63) is 18.7 Å². The summed E-state index contributed by atoms with van der Waals surface area (Å²) < 4.78 is 4.47. The maximum absolute atomic E-state index is 2.33. The van der Waals surface area contributed by atoms with Crippen molar-refractivity contribution in [3.63, 3.8) is 0 Å². The SMILES string of the molecule is C[n+]1ccn(CCCB2C3CCCC2CCC3)c1. The Balaban J connectivity index is 1.50. The Morgan fingerprint density at radius 3 is 2.39 bits per heavy atom. The lowest BCUT2D eigenvalue weighted by atomic mass is 9.26. The molecular formula is C15H26BN2+. The Hall–Kier alpha value is -0.725. The van der Waals surface area contributed by atoms with Gasteiger partial charge in [-0.05, 0) is 6.42 Å². The molecule has 0 N–H and O–H groups in total. The van der Waals surface area contributed by atoms with E-state index >= 15 is 0 Å². The zero-order valence-corrected chi connectivity index (χ0v) is 11.7. The van der Waals surface area contributed by atoms with Crippen molar-refractivity contribution >= 4 is 6.71 Å². The van der Waals surface area contributed by atoms with Crippen molar-refractivity contribution in [2.24, 2.45) is 7.05 Å². The summed E-state index contributed by atoms with van der Waals surface area (Å²) in [5.74, 6) is 2.16. The van der Waals surface area contributed by atoms with Crippen LogP contribution in [0.4, 0.5) is 0 Å². The molecule has 3 heterocycles. The van der Waals surface area contributed by atoms with E-state index in [1.54, 1.807) is 0 Å². The van der Waals surface area contributed by atoms with Crippen LogP contribution in [0.5, 0.6) is 0 Å². The average molecular weight is 245 g/mol. The van der Waals surface area contributed by atoms with Crippen LogP contribution >= 0.6 is 0 Å². The molecule has 2 aliphatic heterocycles. The van der Waals surface area contributed by atoms with Gasteiger partial charge in [0, 0.05) is 0 Å². The van der Waals surface area contributed by atoms with E-state index in [0.29, 0.717) is 0 Å². The molecule has 2 aliphatic rings. The van der Waals surface area contributed by atoms with Gasteiger partial charge in [0.1, 0.15) is 19.1 Å². The van der Waals surface area contributed by atoms with Gasteiger partial charge in [0.05, 0.1) is 13.6 Å². The molecule has 2 nitrogen and oxygen atoms in total. The molecule has 98 valence electrons. The van der Waals surface area contributed by atoms with Crippen molar-refractivity contribution in [1.29, 1.82) is 0 Å². The minimum Gasteiger partial charge on any atom is -0.240 e. The van der Waals surface area contributed by atoms with E-state index in [1.807, 2.05) is 0 Å². The highest BCUT2D eigenvalue weighted by Gasteiger charge is 2.38. The van der Waals surface area contributed by atoms with Crippen LogP contribution in [-0.2, 0) is 13.6 Å². The summed E-state index contributed by atoms with van der Waals surface area (Å²) in [6.45, 7) is 2.27. The molecule has 2 bridgehead atoms. The maximum Gasteiger partial charge on any atom is 0.243 e. The largest absolute Gasteiger partial charge is 0.243 e. The topological polar surface area (TPSA) is 8.81 Å². The van der Waals surface area contributed by atoms with Crippen LogP contribution < -0.4 is 4.57 Å². The Labute approximate surface area is 111 Å². The monoisotopic (exact) mass is 245 g/mol. The van der Waals surface area contributed by atoms with E-state index in [0.717, 1.165) is 18.3 Å². The van der Waals surface area contributed by atoms with E-state index in [1.165, 1.54) is 57.8 Å². The summed E-state index contributed by atoms with van der Waals surface area (Å²) in [5.41, 5.74) is 0. The van der Waals surface area contributed by atoms with Crippen molar-refractivity contribution in [1.82, 2.24) is 4.57 Å². The number of hydrogen-bond donors (Lipinski definition) is 0. The second-order valence-electron chi connectivity index (χ2n) is 6.50. The normalized spacial score (nSPS) is 27.5. The molecule has 0 aromatic carbocycles. The van der Waals surface area contributed by atoms with Crippen LogP contribution in [0, 0.1) is 0 Å². The molecule has 0 saturated carbocycles. The number of nitrogens with zero attached hydrogens (tertiary/aromatic N) is 2. The first-order chi connectivity index (χ1) is 8.83. The molecule has 0 amide bonds. The summed E-state index contributed by atoms with van der Waals surface area (Å²) in [7, 11) is 2.10. The van der Waals surface area contributed by atoms with Gasteiger partial charge >= 0.3 is 0 Å². The molecule has 18 heavy (non-hydrogen) atoms. The molecule has 3 rings (SSSR count). The van der Waals surface area contributed by atoms with Crippen molar-refractivity contribution in [2.75, 3.05) is 0 Å². The third kappa shape index (κ3) is 2.65. The van der Waals surface area contributed by atoms with Crippen LogP contribution in [-0.4, -0.2) is 11.3 Å². The maximum atomic E-state index is 2.33. The molecule has 0 radical (unpaired) electrons. The zero-order valence-electron chi connectivity index (χ0n) is 11.7. The fourth-order valence-electron chi connectivity index (χ4n) is 4.43. The lowest BCUT2D eigenvalue weighted by molar-refractivity contribution is -0.671. The van der Waals surface area contributed by atoms with Crippen molar-refractivity contribution in [2.45, 2.75) is 69.4 Å². The van der Waals surface area contributed by atoms with E-state index in [4.69, 9.17) is 0 Å². The lowest BCUT2D eigenvalue weighted by Crippen LogP contribution is -2.34. The highest BCUT2D eigenvalue weighted by Crippen LogP contribution is 2.47. The number of fused-ring (bicyclic) bond motifs is 2. The molecule has 0 aliphatic carbocycles. The quantitative estimate of drug-likeness (QED) is 0.568. The van der Waals surface area contributed by atoms with Crippen LogP contribution in [0.1, 0.15) is 44.9 Å². The standard InChI is InChI=1S/C15H26BN2/c1-17-11-12-18(13-17)10-4-9-16-14-5-2-6-15(16)8-3-7-14/h11-15H,2-10H2,1H3/q+1. The predicted octanol–water partition coefficient (Wildman–Crippen LogP) is 3.31. The Morgan fingerprint density at radius 1 is 1.17 bits per heavy atom. The molecular weight excluding hydrogens is 219 g/mol. The molecule has 0 atom stereocenters. The molecule has 1 aromatic heterocycles.